The van der Waals surface area contributed by atoms with Gasteiger partial charge in [0.1, 0.15) is 0 Å². The van der Waals surface area contributed by atoms with E-state index in [1.807, 2.05) is 36.4 Å². The fourth-order valence-corrected chi connectivity index (χ4v) is 4.49. The van der Waals surface area contributed by atoms with E-state index >= 15 is 0 Å². The van der Waals surface area contributed by atoms with E-state index in [1.165, 1.54) is 11.1 Å². The van der Waals surface area contributed by atoms with E-state index in [0.717, 1.165) is 27.8 Å². The van der Waals surface area contributed by atoms with Gasteiger partial charge in [-0.05, 0) is 86.8 Å². The van der Waals surface area contributed by atoms with Gasteiger partial charge in [-0.15, -0.1) is 0 Å². The van der Waals surface area contributed by atoms with Crippen molar-refractivity contribution in [1.82, 2.24) is 4.72 Å². The van der Waals surface area contributed by atoms with Gasteiger partial charge >= 0.3 is 0 Å². The summed E-state index contributed by atoms with van der Waals surface area (Å²) < 4.78 is 3.46. The molecule has 192 valence electrons. The van der Waals surface area contributed by atoms with Crippen LogP contribution < -0.4 is 15.8 Å². The number of amides is 2. The van der Waals surface area contributed by atoms with Crippen molar-refractivity contribution in [3.63, 3.8) is 0 Å². The first kappa shape index (κ1) is 28.0. The third kappa shape index (κ3) is 8.77. The summed E-state index contributed by atoms with van der Waals surface area (Å²) in [5.74, 6) is -0.336. The third-order valence-corrected chi connectivity index (χ3v) is 6.85. The molecule has 0 atom stereocenters. The highest BCUT2D eigenvalue weighted by atomic mass is 32.2. The minimum absolute atomic E-state index is 0.0221. The molecule has 0 fully saturated rings. The summed E-state index contributed by atoms with van der Waals surface area (Å²) >= 11 is 1.63. The Bertz CT molecular complexity index is 1350. The maximum atomic E-state index is 12.6. The molecule has 4 rings (SSSR count). The van der Waals surface area contributed by atoms with Gasteiger partial charge in [-0.2, -0.15) is 0 Å². The Morgan fingerprint density at radius 2 is 1.46 bits per heavy atom. The fourth-order valence-electron chi connectivity index (χ4n) is 3.64. The molecule has 0 heterocycles. The van der Waals surface area contributed by atoms with Crippen molar-refractivity contribution in [2.24, 2.45) is 5.73 Å². The number of aryl methyl sites for hydroxylation is 2. The second kappa shape index (κ2) is 13.1. The van der Waals surface area contributed by atoms with Crippen LogP contribution >= 0.6 is 11.9 Å². The van der Waals surface area contributed by atoms with Crippen LogP contribution in [0.15, 0.2) is 95.9 Å². The quantitative estimate of drug-likeness (QED) is 0.235. The zero-order valence-corrected chi connectivity index (χ0v) is 22.7. The van der Waals surface area contributed by atoms with Crippen LogP contribution in [-0.2, 0) is 11.2 Å². The number of nitrogens with one attached hydrogen (secondary N) is 2. The molecule has 0 spiro atoms. The Hall–Kier alpha value is -3.61. The molecule has 0 unspecified atom stereocenters. The van der Waals surface area contributed by atoms with E-state index in [0.29, 0.717) is 12.0 Å². The van der Waals surface area contributed by atoms with E-state index in [9.17, 15) is 9.59 Å². The number of fused-ring (bicyclic) bond motifs is 1. The Balaban J connectivity index is 0.000000356. The van der Waals surface area contributed by atoms with E-state index in [1.54, 1.807) is 36.2 Å². The van der Waals surface area contributed by atoms with Crippen molar-refractivity contribution in [3.05, 3.63) is 108 Å². The predicted molar refractivity (Wildman–Crippen MR) is 156 cm³/mol. The van der Waals surface area contributed by atoms with Crippen molar-refractivity contribution < 1.29 is 9.59 Å². The summed E-state index contributed by atoms with van der Waals surface area (Å²) in [5, 5.41) is 5.31. The highest BCUT2D eigenvalue weighted by Crippen LogP contribution is 2.31. The van der Waals surface area contributed by atoms with Gasteiger partial charge in [0.05, 0.1) is 0 Å². The van der Waals surface area contributed by atoms with Gasteiger partial charge in [0.2, 0.25) is 11.8 Å². The van der Waals surface area contributed by atoms with E-state index in [-0.39, 0.29) is 17.4 Å². The van der Waals surface area contributed by atoms with Gasteiger partial charge in [0.25, 0.3) is 0 Å². The van der Waals surface area contributed by atoms with Gasteiger partial charge in [0, 0.05) is 33.5 Å². The van der Waals surface area contributed by atoms with Gasteiger partial charge in [0.15, 0.2) is 0 Å². The lowest BCUT2D eigenvalue weighted by atomic mass is 10.0. The summed E-state index contributed by atoms with van der Waals surface area (Å²) in [5.41, 5.74) is 8.87. The molecule has 0 radical (unpaired) electrons. The molecular weight excluding hydrogens is 478 g/mol. The van der Waals surface area contributed by atoms with Crippen LogP contribution in [0.4, 0.5) is 5.69 Å². The molecule has 0 saturated carbocycles. The molecule has 0 aliphatic carbocycles. The number of anilines is 1. The second-order valence-electron chi connectivity index (χ2n) is 9.82. The van der Waals surface area contributed by atoms with Crippen LogP contribution in [0.3, 0.4) is 0 Å². The van der Waals surface area contributed by atoms with Gasteiger partial charge in [-0.3, -0.25) is 14.3 Å². The van der Waals surface area contributed by atoms with Crippen molar-refractivity contribution in [2.75, 3.05) is 5.32 Å². The molecule has 0 aliphatic heterocycles. The SMILES string of the molecule is Cc1ccccc1CCC(=O)Nc1cccc2c(SNC(C)(C)C)cccc12.NC(=O)c1ccccc1. The van der Waals surface area contributed by atoms with Crippen LogP contribution in [-0.4, -0.2) is 17.4 Å². The minimum atomic E-state index is -0.379. The van der Waals surface area contributed by atoms with Crippen molar-refractivity contribution in [2.45, 2.75) is 51.0 Å². The van der Waals surface area contributed by atoms with Crippen LogP contribution in [0.1, 0.15) is 48.7 Å². The fraction of sp³-hybridized carbons (Fsp3) is 0.226. The van der Waals surface area contributed by atoms with Crippen LogP contribution in [0, 0.1) is 6.92 Å². The van der Waals surface area contributed by atoms with Gasteiger partial charge in [-0.1, -0.05) is 66.7 Å². The summed E-state index contributed by atoms with van der Waals surface area (Å²) in [6.07, 6.45) is 1.22. The molecule has 4 aromatic rings. The monoisotopic (exact) mass is 513 g/mol. The Labute approximate surface area is 224 Å². The molecule has 6 heteroatoms. The summed E-state index contributed by atoms with van der Waals surface area (Å²) in [4.78, 5) is 24.1. The summed E-state index contributed by atoms with van der Waals surface area (Å²) in [6.45, 7) is 8.52. The first-order valence-corrected chi connectivity index (χ1v) is 13.1. The standard InChI is InChI=1S/C24H28N2OS.C7H7NO/c1-17-9-5-6-10-18(17)15-16-23(27)25-21-13-7-12-20-19(21)11-8-14-22(20)28-26-24(2,3)4;8-7(9)6-4-2-1-3-5-6/h5-14,26H,15-16H2,1-4H3,(H,25,27);1-5H,(H2,8,9). The first-order chi connectivity index (χ1) is 17.6. The predicted octanol–water partition coefficient (Wildman–Crippen LogP) is 6.90. The average Bonchev–Trinajstić information content (AvgIpc) is 2.87. The molecule has 5 nitrogen and oxygen atoms in total. The number of benzene rings is 4. The largest absolute Gasteiger partial charge is 0.366 e. The number of primary amides is 1. The Kier molecular flexibility index (Phi) is 9.89. The molecule has 4 aromatic carbocycles. The number of rotatable bonds is 7. The zero-order chi connectivity index (χ0) is 26.8. The minimum Gasteiger partial charge on any atom is -0.366 e. The Morgan fingerprint density at radius 1 is 0.811 bits per heavy atom. The lowest BCUT2D eigenvalue weighted by Crippen LogP contribution is -2.29. The van der Waals surface area contributed by atoms with Crippen LogP contribution in [0.2, 0.25) is 0 Å². The van der Waals surface area contributed by atoms with E-state index in [4.69, 9.17) is 5.73 Å². The second-order valence-corrected chi connectivity index (χ2v) is 10.7. The van der Waals surface area contributed by atoms with E-state index in [2.05, 4.69) is 68.1 Å². The Morgan fingerprint density at radius 3 is 2.11 bits per heavy atom. The topological polar surface area (TPSA) is 84.2 Å². The molecular formula is C31H35N3O2S. The molecule has 0 saturated heterocycles. The molecule has 0 bridgehead atoms. The van der Waals surface area contributed by atoms with E-state index < -0.39 is 0 Å². The van der Waals surface area contributed by atoms with Crippen LogP contribution in [0.25, 0.3) is 10.8 Å². The first-order valence-electron chi connectivity index (χ1n) is 12.3. The highest BCUT2D eigenvalue weighted by Gasteiger charge is 2.13. The maximum Gasteiger partial charge on any atom is 0.248 e. The van der Waals surface area contributed by atoms with Crippen molar-refractivity contribution in [3.8, 4) is 0 Å². The number of hydrogen-bond acceptors (Lipinski definition) is 4. The lowest BCUT2D eigenvalue weighted by Gasteiger charge is -2.20. The number of carbonyl (C=O) groups excluding carboxylic acids is 2. The third-order valence-electron chi connectivity index (χ3n) is 5.56. The molecule has 0 aromatic heterocycles. The van der Waals surface area contributed by atoms with Crippen LogP contribution in [0.5, 0.6) is 0 Å². The highest BCUT2D eigenvalue weighted by molar-refractivity contribution is 7.97. The summed E-state index contributed by atoms with van der Waals surface area (Å²) in [6, 6.07) is 29.3. The van der Waals surface area contributed by atoms with Gasteiger partial charge in [-0.25, -0.2) is 0 Å². The van der Waals surface area contributed by atoms with Gasteiger partial charge < -0.3 is 11.1 Å². The number of hydrogen-bond donors (Lipinski definition) is 3. The zero-order valence-electron chi connectivity index (χ0n) is 21.9. The lowest BCUT2D eigenvalue weighted by molar-refractivity contribution is -0.116. The summed E-state index contributed by atoms with van der Waals surface area (Å²) in [7, 11) is 0. The molecule has 0 aliphatic rings. The van der Waals surface area contributed by atoms with Crippen molar-refractivity contribution >= 4 is 40.2 Å². The maximum absolute atomic E-state index is 12.6. The smallest absolute Gasteiger partial charge is 0.248 e. The molecule has 2 amide bonds. The molecule has 37 heavy (non-hydrogen) atoms. The average molecular weight is 514 g/mol. The number of carbonyl (C=O) groups is 2. The molecule has 4 N–H and O–H groups in total. The number of nitrogens with two attached hydrogens (primary N) is 1. The van der Waals surface area contributed by atoms with Crippen molar-refractivity contribution in [1.29, 1.82) is 0 Å². The normalized spacial score (nSPS) is 10.9.